The topological polar surface area (TPSA) is 74.2 Å². The van der Waals surface area contributed by atoms with E-state index in [9.17, 15) is 4.79 Å². The molecule has 102 valence electrons. The van der Waals surface area contributed by atoms with Gasteiger partial charge < -0.3 is 15.7 Å². The molecular weight excluding hydrogens is 254 g/mol. The van der Waals surface area contributed by atoms with Gasteiger partial charge in [0, 0.05) is 12.2 Å². The predicted molar refractivity (Wildman–Crippen MR) is 77.5 cm³/mol. The van der Waals surface area contributed by atoms with E-state index in [-0.39, 0.29) is 6.42 Å². The van der Waals surface area contributed by atoms with Gasteiger partial charge in [-0.15, -0.1) is 0 Å². The Morgan fingerprint density at radius 1 is 1.35 bits per heavy atom. The fourth-order valence-electron chi connectivity index (χ4n) is 2.34. The number of fused-ring (bicyclic) bond motifs is 1. The Balaban J connectivity index is 1.79. The molecule has 0 atom stereocenters. The molecule has 1 aromatic heterocycles. The van der Waals surface area contributed by atoms with E-state index >= 15 is 0 Å². The molecule has 20 heavy (non-hydrogen) atoms. The SMILES string of the molecule is O=C(O)Cc1cccc(Nc2cnc3c(c2)CCN3)c1. The second-order valence-electron chi connectivity index (χ2n) is 4.80. The van der Waals surface area contributed by atoms with Crippen molar-refractivity contribution in [2.45, 2.75) is 12.8 Å². The Labute approximate surface area is 116 Å². The van der Waals surface area contributed by atoms with Crippen LogP contribution in [0, 0.1) is 0 Å². The first-order chi connectivity index (χ1) is 9.70. The summed E-state index contributed by atoms with van der Waals surface area (Å²) in [6.07, 6.45) is 2.79. The number of hydrogen-bond acceptors (Lipinski definition) is 4. The molecule has 0 amide bonds. The van der Waals surface area contributed by atoms with Crippen LogP contribution in [0.5, 0.6) is 0 Å². The average molecular weight is 269 g/mol. The fourth-order valence-corrected chi connectivity index (χ4v) is 2.34. The molecule has 0 unspecified atom stereocenters. The van der Waals surface area contributed by atoms with Crippen LogP contribution < -0.4 is 10.6 Å². The molecule has 0 saturated carbocycles. The Hall–Kier alpha value is -2.56. The molecule has 0 saturated heterocycles. The van der Waals surface area contributed by atoms with Crippen molar-refractivity contribution in [2.24, 2.45) is 0 Å². The van der Waals surface area contributed by atoms with Gasteiger partial charge in [-0.25, -0.2) is 4.98 Å². The smallest absolute Gasteiger partial charge is 0.307 e. The number of benzene rings is 1. The van der Waals surface area contributed by atoms with Gasteiger partial charge in [-0.3, -0.25) is 4.79 Å². The number of carboxylic acids is 1. The van der Waals surface area contributed by atoms with Crippen LogP contribution >= 0.6 is 0 Å². The lowest BCUT2D eigenvalue weighted by atomic mass is 10.1. The van der Waals surface area contributed by atoms with E-state index < -0.39 is 5.97 Å². The third-order valence-electron chi connectivity index (χ3n) is 3.22. The number of rotatable bonds is 4. The van der Waals surface area contributed by atoms with Gasteiger partial charge in [-0.2, -0.15) is 0 Å². The Morgan fingerprint density at radius 2 is 2.25 bits per heavy atom. The number of nitrogens with one attached hydrogen (secondary N) is 2. The van der Waals surface area contributed by atoms with Gasteiger partial charge in [0.2, 0.25) is 0 Å². The molecule has 0 bridgehead atoms. The molecule has 3 N–H and O–H groups in total. The predicted octanol–water partition coefficient (Wildman–Crippen LogP) is 2.42. The summed E-state index contributed by atoms with van der Waals surface area (Å²) in [7, 11) is 0. The summed E-state index contributed by atoms with van der Waals surface area (Å²) in [6.45, 7) is 0.930. The van der Waals surface area contributed by atoms with Crippen LogP contribution in [0.2, 0.25) is 0 Å². The Bertz CT molecular complexity index is 655. The van der Waals surface area contributed by atoms with E-state index in [0.29, 0.717) is 0 Å². The minimum absolute atomic E-state index is 0.0296. The molecule has 0 spiro atoms. The van der Waals surface area contributed by atoms with Crippen molar-refractivity contribution >= 4 is 23.2 Å². The molecule has 2 aromatic rings. The van der Waals surface area contributed by atoms with E-state index in [4.69, 9.17) is 5.11 Å². The van der Waals surface area contributed by atoms with Crippen molar-refractivity contribution < 1.29 is 9.90 Å². The van der Waals surface area contributed by atoms with E-state index in [2.05, 4.69) is 21.7 Å². The number of carboxylic acid groups (broad SMARTS) is 1. The third kappa shape index (κ3) is 2.71. The number of nitrogens with zero attached hydrogens (tertiary/aromatic N) is 1. The quantitative estimate of drug-likeness (QED) is 0.795. The molecule has 0 radical (unpaired) electrons. The van der Waals surface area contributed by atoms with Crippen molar-refractivity contribution in [2.75, 3.05) is 17.2 Å². The summed E-state index contributed by atoms with van der Waals surface area (Å²) in [5.74, 6) is 0.127. The first-order valence-corrected chi connectivity index (χ1v) is 6.51. The van der Waals surface area contributed by atoms with E-state index in [1.165, 1.54) is 5.56 Å². The van der Waals surface area contributed by atoms with E-state index in [1.807, 2.05) is 24.3 Å². The van der Waals surface area contributed by atoms with Crippen LogP contribution in [-0.4, -0.2) is 22.6 Å². The minimum atomic E-state index is -0.826. The lowest BCUT2D eigenvalue weighted by Crippen LogP contribution is -2.00. The highest BCUT2D eigenvalue weighted by Gasteiger charge is 2.11. The monoisotopic (exact) mass is 269 g/mol. The molecule has 1 aromatic carbocycles. The molecule has 5 heteroatoms. The van der Waals surface area contributed by atoms with Crippen molar-refractivity contribution in [1.29, 1.82) is 0 Å². The van der Waals surface area contributed by atoms with Crippen molar-refractivity contribution in [1.82, 2.24) is 4.98 Å². The highest BCUT2D eigenvalue weighted by atomic mass is 16.4. The number of hydrogen-bond donors (Lipinski definition) is 3. The summed E-state index contributed by atoms with van der Waals surface area (Å²) in [4.78, 5) is 15.1. The van der Waals surface area contributed by atoms with Gasteiger partial charge in [0.15, 0.2) is 0 Å². The summed E-state index contributed by atoms with van der Waals surface area (Å²) in [5, 5.41) is 15.3. The zero-order valence-corrected chi connectivity index (χ0v) is 10.9. The maximum Gasteiger partial charge on any atom is 0.307 e. The maximum absolute atomic E-state index is 10.7. The van der Waals surface area contributed by atoms with Crippen LogP contribution in [0.3, 0.4) is 0 Å². The maximum atomic E-state index is 10.7. The number of pyridine rings is 1. The van der Waals surface area contributed by atoms with Crippen molar-refractivity contribution in [3.05, 3.63) is 47.7 Å². The van der Waals surface area contributed by atoms with Crippen LogP contribution in [0.25, 0.3) is 0 Å². The van der Waals surface area contributed by atoms with Crippen LogP contribution in [0.15, 0.2) is 36.5 Å². The Kier molecular flexibility index (Phi) is 3.25. The number of aliphatic carboxylic acids is 1. The Morgan fingerprint density at radius 3 is 3.10 bits per heavy atom. The summed E-state index contributed by atoms with van der Waals surface area (Å²) in [5.41, 5.74) is 3.77. The number of aromatic nitrogens is 1. The van der Waals surface area contributed by atoms with Gasteiger partial charge in [0.25, 0.3) is 0 Å². The number of carbonyl (C=O) groups is 1. The summed E-state index contributed by atoms with van der Waals surface area (Å²) in [6, 6.07) is 9.50. The van der Waals surface area contributed by atoms with Gasteiger partial charge in [0.05, 0.1) is 18.3 Å². The fraction of sp³-hybridized carbons (Fsp3) is 0.200. The molecule has 0 fully saturated rings. The molecule has 1 aliphatic rings. The van der Waals surface area contributed by atoms with Gasteiger partial charge in [-0.1, -0.05) is 12.1 Å². The largest absolute Gasteiger partial charge is 0.481 e. The number of anilines is 3. The molecule has 1 aliphatic heterocycles. The zero-order chi connectivity index (χ0) is 13.9. The van der Waals surface area contributed by atoms with Crippen LogP contribution in [0.1, 0.15) is 11.1 Å². The summed E-state index contributed by atoms with van der Waals surface area (Å²) >= 11 is 0. The van der Waals surface area contributed by atoms with Gasteiger partial charge >= 0.3 is 5.97 Å². The van der Waals surface area contributed by atoms with Gasteiger partial charge in [0.1, 0.15) is 5.82 Å². The third-order valence-corrected chi connectivity index (χ3v) is 3.22. The first-order valence-electron chi connectivity index (χ1n) is 6.51. The molecule has 3 rings (SSSR count). The molecule has 2 heterocycles. The first kappa shape index (κ1) is 12.5. The highest BCUT2D eigenvalue weighted by molar-refractivity contribution is 5.71. The van der Waals surface area contributed by atoms with E-state index in [0.717, 1.165) is 35.7 Å². The second-order valence-corrected chi connectivity index (χ2v) is 4.80. The molecule has 0 aliphatic carbocycles. The standard InChI is InChI=1S/C15H15N3O2/c19-14(20)7-10-2-1-3-12(6-10)18-13-8-11-4-5-16-15(11)17-9-13/h1-3,6,8-9,18H,4-5,7H2,(H,16,17)(H,19,20). The van der Waals surface area contributed by atoms with Crippen LogP contribution in [-0.2, 0) is 17.6 Å². The second kappa shape index (κ2) is 5.21. The van der Waals surface area contributed by atoms with Gasteiger partial charge in [-0.05, 0) is 35.7 Å². The molecular formula is C15H15N3O2. The zero-order valence-electron chi connectivity index (χ0n) is 10.9. The lowest BCUT2D eigenvalue weighted by molar-refractivity contribution is -0.136. The van der Waals surface area contributed by atoms with Crippen molar-refractivity contribution in [3.63, 3.8) is 0 Å². The summed E-state index contributed by atoms with van der Waals surface area (Å²) < 4.78 is 0. The lowest BCUT2D eigenvalue weighted by Gasteiger charge is -2.09. The van der Waals surface area contributed by atoms with E-state index in [1.54, 1.807) is 6.20 Å². The van der Waals surface area contributed by atoms with Crippen molar-refractivity contribution in [3.8, 4) is 0 Å². The highest BCUT2D eigenvalue weighted by Crippen LogP contribution is 2.24. The molecule has 5 nitrogen and oxygen atoms in total. The minimum Gasteiger partial charge on any atom is -0.481 e. The van der Waals surface area contributed by atoms with Crippen LogP contribution in [0.4, 0.5) is 17.2 Å². The average Bonchev–Trinajstić information content (AvgIpc) is 2.85. The normalized spacial score (nSPS) is 12.6.